The molecule has 1 unspecified atom stereocenters. The normalized spacial score (nSPS) is 23.3. The van der Waals surface area contributed by atoms with E-state index in [9.17, 15) is 4.79 Å². The molecule has 0 aliphatic carbocycles. The van der Waals surface area contributed by atoms with E-state index in [-0.39, 0.29) is 6.09 Å². The summed E-state index contributed by atoms with van der Waals surface area (Å²) in [6.45, 7) is 14.2. The largest absolute Gasteiger partial charge is 0.444 e. The van der Waals surface area contributed by atoms with Crippen LogP contribution in [0.15, 0.2) is 0 Å². The number of carbonyl (C=O) groups excluding carboxylic acids is 1. The number of rotatable bonds is 6. The van der Waals surface area contributed by atoms with Crippen LogP contribution < -0.4 is 5.32 Å². The van der Waals surface area contributed by atoms with Crippen molar-refractivity contribution in [2.75, 3.05) is 59.0 Å². The van der Waals surface area contributed by atoms with Gasteiger partial charge >= 0.3 is 6.09 Å². The molecule has 0 aromatic rings. The number of nitrogens with one attached hydrogen (secondary N) is 1. The fourth-order valence-electron chi connectivity index (χ4n) is 2.96. The minimum Gasteiger partial charge on any atom is -0.444 e. The molecule has 6 heteroatoms. The van der Waals surface area contributed by atoms with Crippen LogP contribution in [0.25, 0.3) is 0 Å². The van der Waals surface area contributed by atoms with E-state index >= 15 is 0 Å². The van der Waals surface area contributed by atoms with Crippen molar-refractivity contribution in [2.45, 2.75) is 39.2 Å². The maximum absolute atomic E-state index is 12.0. The minimum atomic E-state index is -0.412. The van der Waals surface area contributed by atoms with Crippen LogP contribution in [0.1, 0.15) is 33.6 Å². The van der Waals surface area contributed by atoms with Gasteiger partial charge in [-0.2, -0.15) is 0 Å². The lowest BCUT2D eigenvalue weighted by molar-refractivity contribution is 0.0144. The molecular weight excluding hydrogens is 294 g/mol. The van der Waals surface area contributed by atoms with Gasteiger partial charge in [-0.05, 0) is 52.6 Å². The Kier molecular flexibility index (Phi) is 7.11. The zero-order chi connectivity index (χ0) is 16.7. The van der Waals surface area contributed by atoms with E-state index in [1.54, 1.807) is 0 Å². The highest BCUT2D eigenvalue weighted by molar-refractivity contribution is 5.68. The Hall–Kier alpha value is -0.850. The standard InChI is InChI=1S/C17H33N3O3/c1-17(2,3)23-16(21)20-10-8-19(9-11-20)7-4-6-18-13-15-5-12-22-14-15/h15,18H,4-14H2,1-3H3. The Labute approximate surface area is 140 Å². The van der Waals surface area contributed by atoms with E-state index < -0.39 is 5.60 Å². The molecule has 2 saturated heterocycles. The van der Waals surface area contributed by atoms with Crippen LogP contribution in [0.2, 0.25) is 0 Å². The summed E-state index contributed by atoms with van der Waals surface area (Å²) >= 11 is 0. The summed E-state index contributed by atoms with van der Waals surface area (Å²) in [6, 6.07) is 0. The number of hydrogen-bond acceptors (Lipinski definition) is 5. The molecule has 0 saturated carbocycles. The molecule has 2 fully saturated rings. The highest BCUT2D eigenvalue weighted by Crippen LogP contribution is 2.12. The Morgan fingerprint density at radius 1 is 1.26 bits per heavy atom. The molecule has 0 aromatic heterocycles. The molecule has 0 spiro atoms. The topological polar surface area (TPSA) is 54.0 Å². The smallest absolute Gasteiger partial charge is 0.410 e. The third-order valence-corrected chi connectivity index (χ3v) is 4.31. The lowest BCUT2D eigenvalue weighted by Gasteiger charge is -2.35. The van der Waals surface area contributed by atoms with Crippen LogP contribution in [0, 0.1) is 5.92 Å². The molecular formula is C17H33N3O3. The van der Waals surface area contributed by atoms with Gasteiger partial charge in [0.05, 0.1) is 6.61 Å². The van der Waals surface area contributed by atoms with Gasteiger partial charge in [-0.15, -0.1) is 0 Å². The van der Waals surface area contributed by atoms with E-state index in [2.05, 4.69) is 10.2 Å². The fraction of sp³-hybridized carbons (Fsp3) is 0.941. The monoisotopic (exact) mass is 327 g/mol. The highest BCUT2D eigenvalue weighted by atomic mass is 16.6. The molecule has 1 amide bonds. The summed E-state index contributed by atoms with van der Waals surface area (Å²) in [6.07, 6.45) is 2.16. The number of hydrogen-bond donors (Lipinski definition) is 1. The highest BCUT2D eigenvalue weighted by Gasteiger charge is 2.25. The summed E-state index contributed by atoms with van der Waals surface area (Å²) in [7, 11) is 0. The van der Waals surface area contributed by atoms with Gasteiger partial charge in [-0.25, -0.2) is 4.79 Å². The van der Waals surface area contributed by atoms with Crippen molar-refractivity contribution in [3.8, 4) is 0 Å². The Balaban J connectivity index is 1.51. The summed E-state index contributed by atoms with van der Waals surface area (Å²) in [5, 5.41) is 3.53. The third-order valence-electron chi connectivity index (χ3n) is 4.31. The molecule has 2 aliphatic rings. The van der Waals surface area contributed by atoms with Crippen LogP contribution in [-0.4, -0.2) is 80.5 Å². The molecule has 0 radical (unpaired) electrons. The minimum absolute atomic E-state index is 0.183. The predicted molar refractivity (Wildman–Crippen MR) is 90.7 cm³/mol. The molecule has 2 rings (SSSR count). The quantitative estimate of drug-likeness (QED) is 0.750. The molecule has 134 valence electrons. The first-order valence-electron chi connectivity index (χ1n) is 8.93. The van der Waals surface area contributed by atoms with Crippen molar-refractivity contribution in [3.05, 3.63) is 0 Å². The number of amides is 1. The maximum atomic E-state index is 12.0. The molecule has 1 atom stereocenters. The van der Waals surface area contributed by atoms with Gasteiger partial charge in [0, 0.05) is 39.3 Å². The molecule has 23 heavy (non-hydrogen) atoms. The number of nitrogens with zero attached hydrogens (tertiary/aromatic N) is 2. The first-order chi connectivity index (χ1) is 10.9. The maximum Gasteiger partial charge on any atom is 0.410 e. The summed E-state index contributed by atoms with van der Waals surface area (Å²) < 4.78 is 10.8. The SMILES string of the molecule is CC(C)(C)OC(=O)N1CCN(CCCNCC2CCOC2)CC1. The summed E-state index contributed by atoms with van der Waals surface area (Å²) in [4.78, 5) is 16.3. The number of piperazine rings is 1. The first-order valence-corrected chi connectivity index (χ1v) is 8.93. The second kappa shape index (κ2) is 8.85. The molecule has 0 aromatic carbocycles. The van der Waals surface area contributed by atoms with Crippen molar-refractivity contribution in [3.63, 3.8) is 0 Å². The van der Waals surface area contributed by atoms with E-state index in [1.165, 1.54) is 6.42 Å². The van der Waals surface area contributed by atoms with Gasteiger partial charge in [-0.1, -0.05) is 0 Å². The Bertz CT molecular complexity index is 357. The zero-order valence-corrected chi connectivity index (χ0v) is 15.0. The van der Waals surface area contributed by atoms with Crippen molar-refractivity contribution in [2.24, 2.45) is 5.92 Å². The predicted octanol–water partition coefficient (Wildman–Crippen LogP) is 1.56. The zero-order valence-electron chi connectivity index (χ0n) is 15.0. The van der Waals surface area contributed by atoms with Gasteiger partial charge < -0.3 is 19.7 Å². The van der Waals surface area contributed by atoms with Gasteiger partial charge in [0.25, 0.3) is 0 Å². The van der Waals surface area contributed by atoms with Crippen LogP contribution in [0.5, 0.6) is 0 Å². The first kappa shape index (κ1) is 18.5. The van der Waals surface area contributed by atoms with Gasteiger partial charge in [0.15, 0.2) is 0 Å². The lowest BCUT2D eigenvalue weighted by Crippen LogP contribution is -2.50. The molecule has 0 bridgehead atoms. The van der Waals surface area contributed by atoms with Gasteiger partial charge in [-0.3, -0.25) is 4.90 Å². The Morgan fingerprint density at radius 3 is 2.61 bits per heavy atom. The van der Waals surface area contributed by atoms with Crippen molar-refractivity contribution in [1.29, 1.82) is 0 Å². The van der Waals surface area contributed by atoms with Crippen LogP contribution >= 0.6 is 0 Å². The average Bonchev–Trinajstić information content (AvgIpc) is 2.99. The molecule has 2 heterocycles. The third kappa shape index (κ3) is 7.06. The van der Waals surface area contributed by atoms with Crippen molar-refractivity contribution < 1.29 is 14.3 Å². The van der Waals surface area contributed by atoms with E-state index in [0.29, 0.717) is 5.92 Å². The second-order valence-electron chi connectivity index (χ2n) is 7.60. The fourth-order valence-corrected chi connectivity index (χ4v) is 2.96. The van der Waals surface area contributed by atoms with Gasteiger partial charge in [0.2, 0.25) is 0 Å². The lowest BCUT2D eigenvalue weighted by atomic mass is 10.1. The molecule has 1 N–H and O–H groups in total. The average molecular weight is 327 g/mol. The van der Waals surface area contributed by atoms with E-state index in [1.807, 2.05) is 25.7 Å². The summed E-state index contributed by atoms with van der Waals surface area (Å²) in [5.41, 5.74) is -0.412. The molecule has 2 aliphatic heterocycles. The van der Waals surface area contributed by atoms with Gasteiger partial charge in [0.1, 0.15) is 5.60 Å². The molecule has 6 nitrogen and oxygen atoms in total. The van der Waals surface area contributed by atoms with Crippen LogP contribution in [-0.2, 0) is 9.47 Å². The number of ether oxygens (including phenoxy) is 2. The van der Waals surface area contributed by atoms with Crippen LogP contribution in [0.4, 0.5) is 4.79 Å². The Morgan fingerprint density at radius 2 is 2.00 bits per heavy atom. The second-order valence-corrected chi connectivity index (χ2v) is 7.60. The van der Waals surface area contributed by atoms with E-state index in [0.717, 1.165) is 65.4 Å². The van der Waals surface area contributed by atoms with Crippen LogP contribution in [0.3, 0.4) is 0 Å². The number of carbonyl (C=O) groups is 1. The van der Waals surface area contributed by atoms with E-state index in [4.69, 9.17) is 9.47 Å². The van der Waals surface area contributed by atoms with Crippen molar-refractivity contribution in [1.82, 2.24) is 15.1 Å². The summed E-state index contributed by atoms with van der Waals surface area (Å²) in [5.74, 6) is 0.701. The van der Waals surface area contributed by atoms with Crippen molar-refractivity contribution >= 4 is 6.09 Å².